The van der Waals surface area contributed by atoms with Gasteiger partial charge in [-0.25, -0.2) is 4.39 Å². The monoisotopic (exact) mass is 352 g/mol. The summed E-state index contributed by atoms with van der Waals surface area (Å²) < 4.78 is 18.4. The molecule has 1 aromatic carbocycles. The van der Waals surface area contributed by atoms with Crippen LogP contribution in [-0.4, -0.2) is 27.8 Å². The second kappa shape index (κ2) is 5.97. The highest BCUT2D eigenvalue weighted by Gasteiger charge is 2.27. The third-order valence-corrected chi connectivity index (χ3v) is 4.00. The molecule has 6 heteroatoms. The molecule has 0 atom stereocenters. The fourth-order valence-electron chi connectivity index (χ4n) is 2.49. The van der Waals surface area contributed by atoms with Crippen LogP contribution in [0.1, 0.15) is 17.7 Å². The topological polar surface area (TPSA) is 46.3 Å². The van der Waals surface area contributed by atoms with Gasteiger partial charge in [-0.05, 0) is 24.3 Å². The molecule has 1 aliphatic rings. The van der Waals surface area contributed by atoms with Crippen molar-refractivity contribution in [1.29, 1.82) is 0 Å². The van der Waals surface area contributed by atoms with E-state index in [1.807, 2.05) is 4.90 Å². The van der Waals surface area contributed by atoms with Crippen LogP contribution in [0.4, 0.5) is 4.39 Å². The molecule has 2 aromatic rings. The van der Waals surface area contributed by atoms with E-state index < -0.39 is 0 Å². The number of halogens is 2. The van der Waals surface area contributed by atoms with Gasteiger partial charge in [-0.1, -0.05) is 21.1 Å². The van der Waals surface area contributed by atoms with E-state index >= 15 is 0 Å². The van der Waals surface area contributed by atoms with Crippen LogP contribution >= 0.6 is 15.9 Å². The molecule has 3 rings (SSSR count). The van der Waals surface area contributed by atoms with Gasteiger partial charge < -0.3 is 9.42 Å². The number of rotatable bonds is 3. The predicted molar refractivity (Wildman–Crippen MR) is 79.4 cm³/mol. The molecule has 4 nitrogen and oxygen atoms in total. The standard InChI is InChI=1S/C15H14BrFN2O2/c16-7-5-14(20)19-8-6-13-12(9-19)15(21-18-13)10-1-3-11(17)4-2-10/h1-4H,5-9H2. The number of hydrogen-bond donors (Lipinski definition) is 0. The second-order valence-corrected chi connectivity index (χ2v) is 5.74. The van der Waals surface area contributed by atoms with Crippen molar-refractivity contribution in [3.05, 3.63) is 41.3 Å². The van der Waals surface area contributed by atoms with E-state index in [2.05, 4.69) is 21.1 Å². The molecule has 0 N–H and O–H groups in total. The summed E-state index contributed by atoms with van der Waals surface area (Å²) >= 11 is 3.28. The number of fused-ring (bicyclic) bond motifs is 1. The van der Waals surface area contributed by atoms with Crippen LogP contribution in [0.25, 0.3) is 11.3 Å². The molecule has 1 aliphatic heterocycles. The summed E-state index contributed by atoms with van der Waals surface area (Å²) in [5.41, 5.74) is 2.59. The average Bonchev–Trinajstić information content (AvgIpc) is 2.91. The van der Waals surface area contributed by atoms with Crippen molar-refractivity contribution in [2.24, 2.45) is 0 Å². The van der Waals surface area contributed by atoms with Crippen LogP contribution in [0, 0.1) is 5.82 Å². The molecule has 1 amide bonds. The first-order chi connectivity index (χ1) is 10.2. The molecule has 0 aliphatic carbocycles. The van der Waals surface area contributed by atoms with E-state index in [4.69, 9.17) is 4.52 Å². The smallest absolute Gasteiger partial charge is 0.223 e. The van der Waals surface area contributed by atoms with Crippen molar-refractivity contribution in [3.8, 4) is 11.3 Å². The van der Waals surface area contributed by atoms with Gasteiger partial charge in [-0.3, -0.25) is 4.79 Å². The van der Waals surface area contributed by atoms with Gasteiger partial charge in [-0.2, -0.15) is 0 Å². The highest BCUT2D eigenvalue weighted by molar-refractivity contribution is 9.09. The third kappa shape index (κ3) is 2.85. The van der Waals surface area contributed by atoms with Crippen molar-refractivity contribution in [2.45, 2.75) is 19.4 Å². The Bertz CT molecular complexity index is 654. The first-order valence-electron chi connectivity index (χ1n) is 6.76. The lowest BCUT2D eigenvalue weighted by Crippen LogP contribution is -2.35. The Labute approximate surface area is 130 Å². The van der Waals surface area contributed by atoms with Gasteiger partial charge in [0.25, 0.3) is 0 Å². The fourth-order valence-corrected chi connectivity index (χ4v) is 2.83. The number of amides is 1. The van der Waals surface area contributed by atoms with Crippen LogP contribution < -0.4 is 0 Å². The first kappa shape index (κ1) is 14.3. The molecule has 0 saturated heterocycles. The average molecular weight is 353 g/mol. The Balaban J connectivity index is 1.89. The maximum absolute atomic E-state index is 13.0. The molecule has 21 heavy (non-hydrogen) atoms. The molecule has 0 bridgehead atoms. The summed E-state index contributed by atoms with van der Waals surface area (Å²) in [5, 5.41) is 4.74. The van der Waals surface area contributed by atoms with Crippen LogP contribution in [-0.2, 0) is 17.8 Å². The highest BCUT2D eigenvalue weighted by Crippen LogP contribution is 2.30. The Morgan fingerprint density at radius 3 is 2.86 bits per heavy atom. The van der Waals surface area contributed by atoms with E-state index in [0.29, 0.717) is 37.0 Å². The largest absolute Gasteiger partial charge is 0.356 e. The van der Waals surface area contributed by atoms with E-state index in [-0.39, 0.29) is 11.7 Å². The van der Waals surface area contributed by atoms with Gasteiger partial charge in [-0.15, -0.1) is 0 Å². The van der Waals surface area contributed by atoms with Crippen LogP contribution in [0.15, 0.2) is 28.8 Å². The zero-order valence-corrected chi connectivity index (χ0v) is 12.9. The summed E-state index contributed by atoms with van der Waals surface area (Å²) in [7, 11) is 0. The number of benzene rings is 1. The summed E-state index contributed by atoms with van der Waals surface area (Å²) in [6, 6.07) is 6.10. The van der Waals surface area contributed by atoms with Crippen LogP contribution in [0.5, 0.6) is 0 Å². The minimum Gasteiger partial charge on any atom is -0.356 e. The van der Waals surface area contributed by atoms with Crippen molar-refractivity contribution in [1.82, 2.24) is 10.1 Å². The van der Waals surface area contributed by atoms with Crippen LogP contribution in [0.3, 0.4) is 0 Å². The number of aromatic nitrogens is 1. The molecular formula is C15H14BrFN2O2. The molecule has 110 valence electrons. The number of nitrogens with zero attached hydrogens (tertiary/aromatic N) is 2. The Kier molecular flexibility index (Phi) is 4.05. The lowest BCUT2D eigenvalue weighted by Gasteiger charge is -2.26. The van der Waals surface area contributed by atoms with Gasteiger partial charge in [0.05, 0.1) is 12.2 Å². The van der Waals surface area contributed by atoms with Crippen molar-refractivity contribution in [3.63, 3.8) is 0 Å². The summed E-state index contributed by atoms with van der Waals surface area (Å²) in [6.45, 7) is 1.16. The van der Waals surface area contributed by atoms with E-state index in [1.165, 1.54) is 12.1 Å². The Morgan fingerprint density at radius 1 is 1.38 bits per heavy atom. The van der Waals surface area contributed by atoms with Crippen molar-refractivity contribution < 1.29 is 13.7 Å². The molecule has 0 saturated carbocycles. The SMILES string of the molecule is O=C(CCBr)N1CCc2noc(-c3ccc(F)cc3)c2C1. The molecule has 0 radical (unpaired) electrons. The van der Waals surface area contributed by atoms with Gasteiger partial charge >= 0.3 is 0 Å². The number of hydrogen-bond acceptors (Lipinski definition) is 3. The van der Waals surface area contributed by atoms with E-state index in [1.54, 1.807) is 12.1 Å². The number of alkyl halides is 1. The van der Waals surface area contributed by atoms with Crippen molar-refractivity contribution in [2.75, 3.05) is 11.9 Å². The maximum Gasteiger partial charge on any atom is 0.223 e. The molecule has 0 unspecified atom stereocenters. The minimum atomic E-state index is -0.291. The van der Waals surface area contributed by atoms with E-state index in [0.717, 1.165) is 16.8 Å². The quantitative estimate of drug-likeness (QED) is 0.797. The van der Waals surface area contributed by atoms with Gasteiger partial charge in [0, 0.05) is 35.8 Å². The second-order valence-electron chi connectivity index (χ2n) is 4.95. The Hall–Kier alpha value is -1.69. The van der Waals surface area contributed by atoms with Crippen LogP contribution in [0.2, 0.25) is 0 Å². The lowest BCUT2D eigenvalue weighted by atomic mass is 10.0. The van der Waals surface area contributed by atoms with Gasteiger partial charge in [0.1, 0.15) is 5.82 Å². The molecular weight excluding hydrogens is 339 g/mol. The zero-order chi connectivity index (χ0) is 14.8. The number of carbonyl (C=O) groups excluding carboxylic acids is 1. The first-order valence-corrected chi connectivity index (χ1v) is 7.88. The summed E-state index contributed by atoms with van der Waals surface area (Å²) in [5.74, 6) is 0.450. The molecule has 0 fully saturated rings. The number of carbonyl (C=O) groups is 1. The zero-order valence-electron chi connectivity index (χ0n) is 11.3. The Morgan fingerprint density at radius 2 is 2.14 bits per heavy atom. The third-order valence-electron chi connectivity index (χ3n) is 3.60. The molecule has 0 spiro atoms. The lowest BCUT2D eigenvalue weighted by molar-refractivity contribution is -0.131. The highest BCUT2D eigenvalue weighted by atomic mass is 79.9. The summed E-state index contributed by atoms with van der Waals surface area (Å²) in [6.07, 6.45) is 1.17. The summed E-state index contributed by atoms with van der Waals surface area (Å²) in [4.78, 5) is 13.8. The van der Waals surface area contributed by atoms with Crippen molar-refractivity contribution >= 4 is 21.8 Å². The normalized spacial score (nSPS) is 14.1. The predicted octanol–water partition coefficient (Wildman–Crippen LogP) is 3.15. The van der Waals surface area contributed by atoms with Gasteiger partial charge in [0.15, 0.2) is 5.76 Å². The molecule has 1 aromatic heterocycles. The van der Waals surface area contributed by atoms with E-state index in [9.17, 15) is 9.18 Å². The maximum atomic E-state index is 13.0. The minimum absolute atomic E-state index is 0.115. The fraction of sp³-hybridized carbons (Fsp3) is 0.333. The molecule has 2 heterocycles. The van der Waals surface area contributed by atoms with Gasteiger partial charge in [0.2, 0.25) is 5.91 Å².